The minimum absolute atomic E-state index is 0.0481. The summed E-state index contributed by atoms with van der Waals surface area (Å²) in [6.45, 7) is 25.7. The Morgan fingerprint density at radius 3 is 2.14 bits per heavy atom. The molecule has 0 saturated heterocycles. The number of allylic oxidation sites excluding steroid dienone is 4. The second-order valence-electron chi connectivity index (χ2n) is 12.8. The van der Waals surface area contributed by atoms with Crippen molar-refractivity contribution >= 4 is 16.7 Å². The Hall–Kier alpha value is -2.61. The van der Waals surface area contributed by atoms with Gasteiger partial charge in [0, 0.05) is 11.3 Å². The van der Waals surface area contributed by atoms with Crippen LogP contribution in [0, 0.1) is 11.3 Å². The number of rotatable bonds is 6. The molecule has 1 atom stereocenters. The van der Waals surface area contributed by atoms with Crippen molar-refractivity contribution in [1.82, 2.24) is 9.55 Å². The molecule has 1 aliphatic carbocycles. The van der Waals surface area contributed by atoms with Crippen molar-refractivity contribution in [2.75, 3.05) is 0 Å². The molecule has 3 aromatic rings. The fourth-order valence-electron chi connectivity index (χ4n) is 6.12. The summed E-state index contributed by atoms with van der Waals surface area (Å²) in [7, 11) is 0. The third kappa shape index (κ3) is 3.80. The van der Waals surface area contributed by atoms with Crippen LogP contribution in [0.3, 0.4) is 0 Å². The van der Waals surface area contributed by atoms with E-state index in [2.05, 4.69) is 135 Å². The van der Waals surface area contributed by atoms with Crippen LogP contribution in [0.15, 0.2) is 54.6 Å². The predicted octanol–water partition coefficient (Wildman–Crippen LogP) is 9.88. The maximum atomic E-state index is 5.40. The lowest BCUT2D eigenvalue weighted by atomic mass is 9.59. The molecule has 2 heteroatoms. The quantitative estimate of drug-likeness (QED) is 0.320. The summed E-state index contributed by atoms with van der Waals surface area (Å²) in [4.78, 5) is 5.40. The van der Waals surface area contributed by atoms with Gasteiger partial charge >= 0.3 is 0 Å². The van der Waals surface area contributed by atoms with Crippen LogP contribution in [-0.2, 0) is 10.8 Å². The van der Waals surface area contributed by atoms with E-state index >= 15 is 0 Å². The Bertz CT molecular complexity index is 1340. The van der Waals surface area contributed by atoms with E-state index in [0.717, 1.165) is 17.8 Å². The fraction of sp³-hybridized carbons (Fsp3) is 0.500. The summed E-state index contributed by atoms with van der Waals surface area (Å²) in [5.74, 6) is 1.94. The Morgan fingerprint density at radius 2 is 1.56 bits per heavy atom. The summed E-state index contributed by atoms with van der Waals surface area (Å²) >= 11 is 0. The molecule has 2 nitrogen and oxygen atoms in total. The lowest BCUT2D eigenvalue weighted by Crippen LogP contribution is -2.42. The van der Waals surface area contributed by atoms with Crippen molar-refractivity contribution in [3.63, 3.8) is 0 Å². The molecular formula is C34H46N2. The molecule has 0 bridgehead atoms. The third-order valence-electron chi connectivity index (χ3n) is 9.71. The Balaban J connectivity index is 2.15. The average Bonchev–Trinajstić information content (AvgIpc) is 3.23. The smallest absolute Gasteiger partial charge is 0.146 e. The molecule has 1 aromatic heterocycles. The summed E-state index contributed by atoms with van der Waals surface area (Å²) in [5.41, 5.74) is 9.21. The molecule has 0 saturated carbocycles. The standard InChI is InChI=1S/C34H46N2/c1-12-16-24(19-22(3)4)36-30-21-28-27(32(6,7)34(10,11)33(28,8)9)20-29(30)35-31(36)26-18-15-14-17-25(26)23(5)13-2/h12,14-23H,13H2,1-11H3/b16-12-,24-19+. The van der Waals surface area contributed by atoms with Gasteiger partial charge in [0.15, 0.2) is 0 Å². The summed E-state index contributed by atoms with van der Waals surface area (Å²) in [6.07, 6.45) is 7.85. The van der Waals surface area contributed by atoms with Gasteiger partial charge in [0.25, 0.3) is 0 Å². The van der Waals surface area contributed by atoms with Crippen molar-refractivity contribution in [2.24, 2.45) is 11.3 Å². The molecule has 0 aliphatic heterocycles. The highest BCUT2D eigenvalue weighted by atomic mass is 15.1. The van der Waals surface area contributed by atoms with E-state index in [4.69, 9.17) is 4.98 Å². The lowest BCUT2D eigenvalue weighted by molar-refractivity contribution is 0.125. The molecule has 0 amide bonds. The van der Waals surface area contributed by atoms with Gasteiger partial charge < -0.3 is 0 Å². The number of nitrogens with zero attached hydrogens (tertiary/aromatic N) is 2. The van der Waals surface area contributed by atoms with Crippen LogP contribution in [0.5, 0.6) is 0 Å². The molecule has 0 radical (unpaired) electrons. The van der Waals surface area contributed by atoms with Gasteiger partial charge in [-0.3, -0.25) is 4.57 Å². The van der Waals surface area contributed by atoms with Crippen molar-refractivity contribution < 1.29 is 0 Å². The fourth-order valence-corrected chi connectivity index (χ4v) is 6.12. The first-order valence-corrected chi connectivity index (χ1v) is 13.8. The van der Waals surface area contributed by atoms with Gasteiger partial charge in [-0.1, -0.05) is 106 Å². The largest absolute Gasteiger partial charge is 0.293 e. The van der Waals surface area contributed by atoms with Crippen molar-refractivity contribution in [3.8, 4) is 11.4 Å². The number of fused-ring (bicyclic) bond motifs is 2. The molecule has 36 heavy (non-hydrogen) atoms. The molecule has 1 heterocycles. The van der Waals surface area contributed by atoms with Gasteiger partial charge in [0.1, 0.15) is 5.82 Å². The molecule has 2 aromatic carbocycles. The zero-order valence-corrected chi connectivity index (χ0v) is 24.5. The van der Waals surface area contributed by atoms with E-state index in [1.165, 1.54) is 33.5 Å². The van der Waals surface area contributed by atoms with Crippen LogP contribution >= 0.6 is 0 Å². The van der Waals surface area contributed by atoms with Crippen LogP contribution in [-0.4, -0.2) is 9.55 Å². The van der Waals surface area contributed by atoms with Crippen molar-refractivity contribution in [1.29, 1.82) is 0 Å². The highest BCUT2D eigenvalue weighted by Crippen LogP contribution is 2.62. The number of hydrogen-bond acceptors (Lipinski definition) is 1. The first-order chi connectivity index (χ1) is 16.8. The van der Waals surface area contributed by atoms with E-state index in [1.807, 2.05) is 0 Å². The van der Waals surface area contributed by atoms with Crippen molar-refractivity contribution in [3.05, 3.63) is 71.3 Å². The van der Waals surface area contributed by atoms with Crippen LogP contribution < -0.4 is 0 Å². The molecule has 1 unspecified atom stereocenters. The van der Waals surface area contributed by atoms with Crippen LogP contribution in [0.1, 0.15) is 105 Å². The van der Waals surface area contributed by atoms with E-state index in [1.54, 1.807) is 0 Å². The van der Waals surface area contributed by atoms with E-state index in [0.29, 0.717) is 11.8 Å². The molecule has 0 spiro atoms. The van der Waals surface area contributed by atoms with Gasteiger partial charge in [-0.05, 0) is 76.3 Å². The summed E-state index contributed by atoms with van der Waals surface area (Å²) < 4.78 is 2.42. The molecule has 0 N–H and O–H groups in total. The van der Waals surface area contributed by atoms with Crippen LogP contribution in [0.4, 0.5) is 0 Å². The summed E-state index contributed by atoms with van der Waals surface area (Å²) in [6, 6.07) is 13.7. The first kappa shape index (κ1) is 26.5. The minimum Gasteiger partial charge on any atom is -0.293 e. The predicted molar refractivity (Wildman–Crippen MR) is 158 cm³/mol. The zero-order valence-electron chi connectivity index (χ0n) is 24.5. The molecule has 4 rings (SSSR count). The summed E-state index contributed by atoms with van der Waals surface area (Å²) in [5, 5.41) is 0. The minimum atomic E-state index is 0.0481. The average molecular weight is 483 g/mol. The maximum Gasteiger partial charge on any atom is 0.146 e. The highest BCUT2D eigenvalue weighted by molar-refractivity contribution is 5.89. The lowest BCUT2D eigenvalue weighted by Gasteiger charge is -2.44. The second kappa shape index (κ2) is 9.05. The van der Waals surface area contributed by atoms with Gasteiger partial charge in [-0.15, -0.1) is 0 Å². The second-order valence-corrected chi connectivity index (χ2v) is 12.8. The Kier molecular flexibility index (Phi) is 6.65. The van der Waals surface area contributed by atoms with E-state index < -0.39 is 0 Å². The number of imidazole rings is 1. The Labute approximate surface area is 219 Å². The number of benzene rings is 2. The van der Waals surface area contributed by atoms with Gasteiger partial charge in [0.05, 0.1) is 11.0 Å². The maximum absolute atomic E-state index is 5.40. The van der Waals surface area contributed by atoms with E-state index in [-0.39, 0.29) is 16.2 Å². The molecule has 0 fully saturated rings. The van der Waals surface area contributed by atoms with Crippen LogP contribution in [0.25, 0.3) is 28.1 Å². The zero-order chi connectivity index (χ0) is 26.6. The van der Waals surface area contributed by atoms with Gasteiger partial charge in [0.2, 0.25) is 0 Å². The van der Waals surface area contributed by atoms with Gasteiger partial charge in [-0.2, -0.15) is 0 Å². The highest BCUT2D eigenvalue weighted by Gasteiger charge is 2.57. The first-order valence-electron chi connectivity index (χ1n) is 13.8. The number of aromatic nitrogens is 2. The SMILES string of the molecule is C/C=C\C(=C/C(C)C)n1c(-c2ccccc2C(C)CC)nc2cc3c(cc21)C(C)(C)C(C)(C)C3(C)C. The molecular weight excluding hydrogens is 436 g/mol. The molecule has 1 aliphatic rings. The third-order valence-corrected chi connectivity index (χ3v) is 9.71. The van der Waals surface area contributed by atoms with Gasteiger partial charge in [-0.25, -0.2) is 4.98 Å². The topological polar surface area (TPSA) is 17.8 Å². The Morgan fingerprint density at radius 1 is 0.944 bits per heavy atom. The van der Waals surface area contributed by atoms with Crippen molar-refractivity contribution in [2.45, 2.75) is 99.3 Å². The van der Waals surface area contributed by atoms with E-state index in [9.17, 15) is 0 Å². The number of hydrogen-bond donors (Lipinski definition) is 0. The van der Waals surface area contributed by atoms with Crippen LogP contribution in [0.2, 0.25) is 0 Å². The normalized spacial score (nSPS) is 19.4. The molecule has 192 valence electrons. The monoisotopic (exact) mass is 482 g/mol.